The summed E-state index contributed by atoms with van der Waals surface area (Å²) in [4.78, 5) is 21.9. The van der Waals surface area contributed by atoms with E-state index >= 15 is 0 Å². The molecule has 1 atom stereocenters. The van der Waals surface area contributed by atoms with E-state index in [1.54, 1.807) is 0 Å². The van der Waals surface area contributed by atoms with Crippen molar-refractivity contribution >= 4 is 21.7 Å². The average molecular weight is 262 g/mol. The summed E-state index contributed by atoms with van der Waals surface area (Å²) in [5, 5.41) is 4.35. The van der Waals surface area contributed by atoms with Gasteiger partial charge in [0.05, 0.1) is 17.5 Å². The van der Waals surface area contributed by atoms with Crippen LogP contribution in [-0.2, 0) is 14.6 Å². The molecule has 0 spiro atoms. The smallest absolute Gasteiger partial charge is 0.315 e. The van der Waals surface area contributed by atoms with Crippen molar-refractivity contribution < 1.29 is 18.0 Å². The first-order chi connectivity index (χ1) is 7.92. The van der Waals surface area contributed by atoms with Gasteiger partial charge in [0.2, 0.25) is 0 Å². The second-order valence-electron chi connectivity index (χ2n) is 4.25. The van der Waals surface area contributed by atoms with Crippen LogP contribution in [0.4, 0.5) is 4.79 Å². The zero-order valence-electron chi connectivity index (χ0n) is 9.86. The van der Waals surface area contributed by atoms with E-state index in [0.717, 1.165) is 6.42 Å². The van der Waals surface area contributed by atoms with Crippen LogP contribution in [0.2, 0.25) is 0 Å². The molecule has 1 heterocycles. The van der Waals surface area contributed by atoms with Crippen LogP contribution in [0.25, 0.3) is 0 Å². The number of sulfone groups is 1. The molecule has 0 aromatic carbocycles. The van der Waals surface area contributed by atoms with Crippen molar-refractivity contribution in [2.24, 2.45) is 0 Å². The molecule has 0 aromatic rings. The molecule has 0 saturated carbocycles. The first-order valence-corrected chi connectivity index (χ1v) is 7.36. The molecule has 7 heteroatoms. The fourth-order valence-corrected chi connectivity index (χ4v) is 3.53. The van der Waals surface area contributed by atoms with E-state index in [9.17, 15) is 18.0 Å². The molecule has 0 bridgehead atoms. The molecule has 0 aliphatic carbocycles. The molecule has 98 valence electrons. The average Bonchev–Trinajstić information content (AvgIpc) is 2.24. The quantitative estimate of drug-likeness (QED) is 0.736. The third kappa shape index (κ3) is 4.72. The molecule has 1 aliphatic rings. The van der Waals surface area contributed by atoms with Crippen LogP contribution >= 0.6 is 0 Å². The van der Waals surface area contributed by atoms with Crippen molar-refractivity contribution in [3.05, 3.63) is 0 Å². The molecule has 1 aliphatic heterocycles. The minimum Gasteiger partial charge on any atom is -0.337 e. The van der Waals surface area contributed by atoms with Gasteiger partial charge in [-0.05, 0) is 19.8 Å². The van der Waals surface area contributed by atoms with Crippen molar-refractivity contribution in [3.8, 4) is 0 Å². The Morgan fingerprint density at radius 2 is 1.94 bits per heavy atom. The van der Waals surface area contributed by atoms with Crippen LogP contribution in [-0.4, -0.2) is 44.3 Å². The van der Waals surface area contributed by atoms with E-state index in [1.807, 2.05) is 0 Å². The second-order valence-corrected chi connectivity index (χ2v) is 6.65. The molecule has 6 nitrogen and oxygen atoms in total. The lowest BCUT2D eigenvalue weighted by Crippen LogP contribution is -2.44. The lowest BCUT2D eigenvalue weighted by atomic mass is 10.2. The minimum absolute atomic E-state index is 0.0384. The normalized spacial score (nSPS) is 22.8. The predicted molar refractivity (Wildman–Crippen MR) is 63.5 cm³/mol. The van der Waals surface area contributed by atoms with Crippen LogP contribution in [0, 0.1) is 0 Å². The molecule has 17 heavy (non-hydrogen) atoms. The van der Waals surface area contributed by atoms with E-state index in [1.165, 1.54) is 6.92 Å². The minimum atomic E-state index is -3.06. The molecular weight excluding hydrogens is 244 g/mol. The van der Waals surface area contributed by atoms with E-state index < -0.39 is 21.1 Å². The number of carbonyl (C=O) groups excluding carboxylic acids is 2. The summed E-state index contributed by atoms with van der Waals surface area (Å²) in [6.45, 7) is 1.45. The van der Waals surface area contributed by atoms with Gasteiger partial charge in [0, 0.05) is 6.54 Å². The summed E-state index contributed by atoms with van der Waals surface area (Å²) in [6.07, 6.45) is 2.17. The number of carbonyl (C=O) groups is 2. The Bertz CT molecular complexity index is 391. The van der Waals surface area contributed by atoms with Crippen LogP contribution < -0.4 is 10.6 Å². The maximum Gasteiger partial charge on any atom is 0.315 e. The van der Waals surface area contributed by atoms with E-state index in [2.05, 4.69) is 10.6 Å². The van der Waals surface area contributed by atoms with Crippen LogP contribution in [0.5, 0.6) is 0 Å². The highest BCUT2D eigenvalue weighted by Crippen LogP contribution is 2.18. The van der Waals surface area contributed by atoms with Crippen LogP contribution in [0.15, 0.2) is 0 Å². The van der Waals surface area contributed by atoms with Gasteiger partial charge < -0.3 is 10.6 Å². The Morgan fingerprint density at radius 3 is 2.53 bits per heavy atom. The SMILES string of the molecule is CC(=O)CNC(=O)NCC1CCCCS1(=O)=O. The summed E-state index contributed by atoms with van der Waals surface area (Å²) < 4.78 is 23.3. The van der Waals surface area contributed by atoms with Gasteiger partial charge in [0.15, 0.2) is 9.84 Å². The number of ketones is 1. The Hall–Kier alpha value is -1.11. The number of urea groups is 1. The summed E-state index contributed by atoms with van der Waals surface area (Å²) in [5.74, 6) is 0.0550. The van der Waals surface area contributed by atoms with Gasteiger partial charge in [-0.2, -0.15) is 0 Å². The first kappa shape index (κ1) is 14.0. The van der Waals surface area contributed by atoms with Crippen LogP contribution in [0.3, 0.4) is 0 Å². The second kappa shape index (κ2) is 6.00. The maximum absolute atomic E-state index is 11.6. The van der Waals surface area contributed by atoms with Gasteiger partial charge in [0.25, 0.3) is 0 Å². The highest BCUT2D eigenvalue weighted by molar-refractivity contribution is 7.92. The zero-order valence-corrected chi connectivity index (χ0v) is 10.7. The van der Waals surface area contributed by atoms with Crippen molar-refractivity contribution in [2.45, 2.75) is 31.4 Å². The molecule has 1 unspecified atom stereocenters. The van der Waals surface area contributed by atoms with Gasteiger partial charge >= 0.3 is 6.03 Å². The molecule has 0 aromatic heterocycles. The first-order valence-electron chi connectivity index (χ1n) is 5.64. The number of Topliss-reactive ketones (excluding diaryl/α,β-unsaturated/α-hetero) is 1. The zero-order chi connectivity index (χ0) is 12.9. The van der Waals surface area contributed by atoms with Crippen molar-refractivity contribution in [1.29, 1.82) is 0 Å². The van der Waals surface area contributed by atoms with Gasteiger partial charge in [-0.3, -0.25) is 4.79 Å². The topological polar surface area (TPSA) is 92.3 Å². The highest BCUT2D eigenvalue weighted by atomic mass is 32.2. The predicted octanol–water partition coefficient (Wildman–Crippen LogP) is -0.158. The van der Waals surface area contributed by atoms with E-state index in [0.29, 0.717) is 12.8 Å². The maximum atomic E-state index is 11.6. The number of rotatable bonds is 4. The highest BCUT2D eigenvalue weighted by Gasteiger charge is 2.28. The lowest BCUT2D eigenvalue weighted by Gasteiger charge is -2.22. The van der Waals surface area contributed by atoms with Gasteiger partial charge in [-0.15, -0.1) is 0 Å². The monoisotopic (exact) mass is 262 g/mol. The fourth-order valence-electron chi connectivity index (χ4n) is 1.72. The van der Waals surface area contributed by atoms with Crippen molar-refractivity contribution in [2.75, 3.05) is 18.8 Å². The number of nitrogens with one attached hydrogen (secondary N) is 2. The van der Waals surface area contributed by atoms with Crippen molar-refractivity contribution in [3.63, 3.8) is 0 Å². The lowest BCUT2D eigenvalue weighted by molar-refractivity contribution is -0.116. The Morgan fingerprint density at radius 1 is 1.24 bits per heavy atom. The molecule has 1 rings (SSSR count). The Balaban J connectivity index is 2.34. The third-order valence-electron chi connectivity index (χ3n) is 2.70. The largest absolute Gasteiger partial charge is 0.337 e. The molecule has 2 amide bonds. The van der Waals surface area contributed by atoms with Crippen molar-refractivity contribution in [1.82, 2.24) is 10.6 Å². The van der Waals surface area contributed by atoms with Gasteiger partial charge in [-0.25, -0.2) is 13.2 Å². The Kier molecular flexibility index (Phi) is 4.92. The van der Waals surface area contributed by atoms with Crippen LogP contribution in [0.1, 0.15) is 26.2 Å². The molecule has 0 radical (unpaired) electrons. The van der Waals surface area contributed by atoms with E-state index in [4.69, 9.17) is 0 Å². The van der Waals surface area contributed by atoms with Gasteiger partial charge in [-0.1, -0.05) is 6.42 Å². The molecule has 2 N–H and O–H groups in total. The van der Waals surface area contributed by atoms with E-state index in [-0.39, 0.29) is 24.6 Å². The number of hydrogen-bond donors (Lipinski definition) is 2. The third-order valence-corrected chi connectivity index (χ3v) is 4.98. The summed E-state index contributed by atoms with van der Waals surface area (Å²) in [7, 11) is -3.06. The fraction of sp³-hybridized carbons (Fsp3) is 0.800. The Labute approximate surface area is 101 Å². The summed E-state index contributed by atoms with van der Waals surface area (Å²) >= 11 is 0. The molecular formula is C10H18N2O4S. The number of amides is 2. The molecule has 1 saturated heterocycles. The summed E-state index contributed by atoms with van der Waals surface area (Å²) in [6, 6.07) is -0.499. The number of hydrogen-bond acceptors (Lipinski definition) is 4. The molecule has 1 fully saturated rings. The standard InChI is InChI=1S/C10H18N2O4S/c1-8(13)6-11-10(14)12-7-9-4-2-3-5-17(9,15)16/h9H,2-7H2,1H3,(H2,11,12,14). The summed E-state index contributed by atoms with van der Waals surface area (Å²) in [5.41, 5.74) is 0. The van der Waals surface area contributed by atoms with Gasteiger partial charge in [0.1, 0.15) is 5.78 Å².